The third-order valence-electron chi connectivity index (χ3n) is 6.27. The van der Waals surface area contributed by atoms with E-state index in [1.54, 1.807) is 7.11 Å². The molecule has 27 heavy (non-hydrogen) atoms. The average molecular weight is 375 g/mol. The number of nitrogens with one attached hydrogen (secondary N) is 1. The molecule has 1 saturated heterocycles. The highest BCUT2D eigenvalue weighted by molar-refractivity contribution is 5.79. The number of likely N-dealkylation sites (tertiary alicyclic amines) is 1. The standard InChI is InChI=1S/C21H34N4O2/c1-15-6-5-7-16(2)19(15)13-22-11-17-10-20(26)25(8-9-27-4)21(17)18-12-23-24(3)14-18/h6,12,14,16-17,19,21-22H,5,7-11,13H2,1-4H3/t16-,17+,19+,21-/m1/s1. The smallest absolute Gasteiger partial charge is 0.223 e. The summed E-state index contributed by atoms with van der Waals surface area (Å²) in [7, 11) is 3.60. The molecule has 0 unspecified atom stereocenters. The molecule has 1 N–H and O–H groups in total. The zero-order chi connectivity index (χ0) is 19.4. The van der Waals surface area contributed by atoms with Gasteiger partial charge in [0.1, 0.15) is 0 Å². The number of amides is 1. The minimum atomic E-state index is 0.0780. The molecule has 2 aliphatic rings. The van der Waals surface area contributed by atoms with E-state index in [9.17, 15) is 4.79 Å². The third-order valence-corrected chi connectivity index (χ3v) is 6.27. The van der Waals surface area contributed by atoms with Crippen LogP contribution in [0.2, 0.25) is 0 Å². The van der Waals surface area contributed by atoms with E-state index in [1.165, 1.54) is 18.4 Å². The Hall–Kier alpha value is -1.66. The van der Waals surface area contributed by atoms with Crippen LogP contribution in [-0.4, -0.2) is 53.9 Å². The summed E-state index contributed by atoms with van der Waals surface area (Å²) in [6.07, 6.45) is 9.38. The van der Waals surface area contributed by atoms with Crippen molar-refractivity contribution in [1.29, 1.82) is 0 Å². The zero-order valence-electron chi connectivity index (χ0n) is 17.1. The number of carbonyl (C=O) groups is 1. The molecule has 150 valence electrons. The number of nitrogens with zero attached hydrogens (tertiary/aromatic N) is 3. The summed E-state index contributed by atoms with van der Waals surface area (Å²) < 4.78 is 7.04. The van der Waals surface area contributed by atoms with Crippen LogP contribution in [0.3, 0.4) is 0 Å². The summed E-state index contributed by atoms with van der Waals surface area (Å²) >= 11 is 0. The van der Waals surface area contributed by atoms with Crippen molar-refractivity contribution in [2.45, 2.75) is 39.2 Å². The monoisotopic (exact) mass is 374 g/mol. The summed E-state index contributed by atoms with van der Waals surface area (Å²) in [5.41, 5.74) is 2.63. The Labute approximate surface area is 162 Å². The van der Waals surface area contributed by atoms with E-state index in [4.69, 9.17) is 4.74 Å². The molecule has 1 fully saturated rings. The van der Waals surface area contributed by atoms with Crippen LogP contribution in [0.5, 0.6) is 0 Å². The van der Waals surface area contributed by atoms with Gasteiger partial charge in [-0.1, -0.05) is 18.6 Å². The van der Waals surface area contributed by atoms with Gasteiger partial charge in [-0.25, -0.2) is 0 Å². The lowest BCUT2D eigenvalue weighted by molar-refractivity contribution is -0.129. The third kappa shape index (κ3) is 4.61. The van der Waals surface area contributed by atoms with Crippen LogP contribution in [0.25, 0.3) is 0 Å². The zero-order valence-corrected chi connectivity index (χ0v) is 17.1. The minimum Gasteiger partial charge on any atom is -0.383 e. The number of aryl methyl sites for hydroxylation is 1. The van der Waals surface area contributed by atoms with Gasteiger partial charge in [-0.15, -0.1) is 0 Å². The van der Waals surface area contributed by atoms with Gasteiger partial charge in [0.2, 0.25) is 5.91 Å². The molecule has 1 aliphatic heterocycles. The van der Waals surface area contributed by atoms with Crippen molar-refractivity contribution in [3.8, 4) is 0 Å². The Morgan fingerprint density at radius 1 is 1.37 bits per heavy atom. The second-order valence-electron chi connectivity index (χ2n) is 8.20. The fourth-order valence-corrected chi connectivity index (χ4v) is 4.71. The van der Waals surface area contributed by atoms with E-state index in [0.717, 1.165) is 24.6 Å². The maximum Gasteiger partial charge on any atom is 0.223 e. The van der Waals surface area contributed by atoms with Gasteiger partial charge in [0.25, 0.3) is 0 Å². The van der Waals surface area contributed by atoms with Crippen LogP contribution in [0.4, 0.5) is 0 Å². The van der Waals surface area contributed by atoms with Crippen LogP contribution < -0.4 is 5.32 Å². The quantitative estimate of drug-likeness (QED) is 0.711. The van der Waals surface area contributed by atoms with E-state index in [0.29, 0.717) is 25.5 Å². The van der Waals surface area contributed by atoms with Crippen LogP contribution in [0.1, 0.15) is 44.7 Å². The normalized spacial score (nSPS) is 28.7. The fourth-order valence-electron chi connectivity index (χ4n) is 4.71. The molecule has 0 saturated carbocycles. The molecule has 1 aromatic rings. The van der Waals surface area contributed by atoms with Crippen molar-refractivity contribution < 1.29 is 9.53 Å². The molecule has 0 spiro atoms. The maximum atomic E-state index is 12.7. The van der Waals surface area contributed by atoms with Crippen molar-refractivity contribution in [3.63, 3.8) is 0 Å². The molecule has 6 nitrogen and oxygen atoms in total. The SMILES string of the molecule is COCCN1C(=O)C[C@@H](CNC[C@H]2C(C)=CCC[C@H]2C)[C@@H]1c1cnn(C)c1. The number of ether oxygens (including phenoxy) is 1. The number of carbonyl (C=O) groups excluding carboxylic acids is 1. The molecule has 4 atom stereocenters. The highest BCUT2D eigenvalue weighted by atomic mass is 16.5. The summed E-state index contributed by atoms with van der Waals surface area (Å²) in [4.78, 5) is 14.6. The fraction of sp³-hybridized carbons (Fsp3) is 0.714. The predicted molar refractivity (Wildman–Crippen MR) is 106 cm³/mol. The topological polar surface area (TPSA) is 59.4 Å². The summed E-state index contributed by atoms with van der Waals surface area (Å²) in [6, 6.07) is 0.0780. The van der Waals surface area contributed by atoms with Crippen LogP contribution in [0.15, 0.2) is 24.0 Å². The number of allylic oxidation sites excluding steroid dienone is 1. The number of aromatic nitrogens is 2. The second kappa shape index (κ2) is 9.02. The van der Waals surface area contributed by atoms with Crippen molar-refractivity contribution in [2.75, 3.05) is 33.4 Å². The van der Waals surface area contributed by atoms with E-state index < -0.39 is 0 Å². The molecular formula is C21H34N4O2. The Morgan fingerprint density at radius 2 is 2.19 bits per heavy atom. The molecule has 1 aromatic heterocycles. The van der Waals surface area contributed by atoms with Gasteiger partial charge in [-0.3, -0.25) is 9.48 Å². The minimum absolute atomic E-state index is 0.0780. The highest BCUT2D eigenvalue weighted by Crippen LogP contribution is 2.37. The molecule has 0 radical (unpaired) electrons. The van der Waals surface area contributed by atoms with E-state index in [-0.39, 0.29) is 17.9 Å². The largest absolute Gasteiger partial charge is 0.383 e. The molecule has 0 aromatic carbocycles. The Morgan fingerprint density at radius 3 is 2.85 bits per heavy atom. The second-order valence-corrected chi connectivity index (χ2v) is 8.20. The van der Waals surface area contributed by atoms with Gasteiger partial charge in [0, 0.05) is 57.9 Å². The van der Waals surface area contributed by atoms with Gasteiger partial charge in [0.15, 0.2) is 0 Å². The summed E-state index contributed by atoms with van der Waals surface area (Å²) in [6.45, 7) is 7.65. The van der Waals surface area contributed by atoms with Gasteiger partial charge in [-0.2, -0.15) is 5.10 Å². The van der Waals surface area contributed by atoms with Gasteiger partial charge < -0.3 is 15.0 Å². The van der Waals surface area contributed by atoms with Crippen LogP contribution in [-0.2, 0) is 16.6 Å². The number of hydrogen-bond acceptors (Lipinski definition) is 4. The number of hydrogen-bond donors (Lipinski definition) is 1. The number of methoxy groups -OCH3 is 1. The molecule has 0 bridgehead atoms. The Bertz CT molecular complexity index is 669. The summed E-state index contributed by atoms with van der Waals surface area (Å²) in [5.74, 6) is 1.81. The lowest BCUT2D eigenvalue weighted by Gasteiger charge is -2.31. The van der Waals surface area contributed by atoms with Crippen molar-refractivity contribution in [1.82, 2.24) is 20.0 Å². The van der Waals surface area contributed by atoms with Crippen molar-refractivity contribution >= 4 is 5.91 Å². The number of rotatable bonds is 8. The molecule has 1 amide bonds. The first-order valence-electron chi connectivity index (χ1n) is 10.2. The van der Waals surface area contributed by atoms with Gasteiger partial charge in [0.05, 0.1) is 18.8 Å². The predicted octanol–water partition coefficient (Wildman–Crippen LogP) is 2.54. The summed E-state index contributed by atoms with van der Waals surface area (Å²) in [5, 5.41) is 8.01. The van der Waals surface area contributed by atoms with E-state index >= 15 is 0 Å². The lowest BCUT2D eigenvalue weighted by Crippen LogP contribution is -2.36. The molecule has 1 aliphatic carbocycles. The van der Waals surface area contributed by atoms with Crippen LogP contribution >= 0.6 is 0 Å². The van der Waals surface area contributed by atoms with Gasteiger partial charge >= 0.3 is 0 Å². The Kier molecular flexibility index (Phi) is 6.71. The molecular weight excluding hydrogens is 340 g/mol. The maximum absolute atomic E-state index is 12.7. The molecule has 6 heteroatoms. The van der Waals surface area contributed by atoms with Gasteiger partial charge in [-0.05, 0) is 31.6 Å². The van der Waals surface area contributed by atoms with Crippen molar-refractivity contribution in [2.24, 2.45) is 24.8 Å². The van der Waals surface area contributed by atoms with E-state index in [2.05, 4.69) is 30.3 Å². The first-order chi connectivity index (χ1) is 13.0. The lowest BCUT2D eigenvalue weighted by atomic mass is 9.80. The highest BCUT2D eigenvalue weighted by Gasteiger charge is 2.40. The molecule has 3 rings (SSSR count). The Balaban J connectivity index is 1.66. The van der Waals surface area contributed by atoms with Crippen LogP contribution in [0, 0.1) is 17.8 Å². The molecule has 2 heterocycles. The average Bonchev–Trinajstić information content (AvgIpc) is 3.18. The first kappa shape index (κ1) is 20.1. The first-order valence-corrected chi connectivity index (χ1v) is 10.2. The van der Waals surface area contributed by atoms with E-state index in [1.807, 2.05) is 29.0 Å². The van der Waals surface area contributed by atoms with Crippen molar-refractivity contribution in [3.05, 3.63) is 29.6 Å².